The number of esters is 1. The molecule has 1 N–H and O–H groups in total. The van der Waals surface area contributed by atoms with Crippen molar-refractivity contribution in [3.8, 4) is 22.9 Å². The Balaban J connectivity index is 1.33. The predicted octanol–water partition coefficient (Wildman–Crippen LogP) is 4.62. The van der Waals surface area contributed by atoms with Gasteiger partial charge in [-0.15, -0.1) is 0 Å². The molecule has 8 heteroatoms. The number of amides is 1. The summed E-state index contributed by atoms with van der Waals surface area (Å²) in [6.45, 7) is 0.376. The zero-order valence-electron chi connectivity index (χ0n) is 18.9. The lowest BCUT2D eigenvalue weighted by Crippen LogP contribution is -2.26. The Bertz CT molecular complexity index is 1300. The molecule has 0 spiro atoms. The molecule has 178 valence electrons. The van der Waals surface area contributed by atoms with Crippen molar-refractivity contribution < 1.29 is 27.8 Å². The van der Waals surface area contributed by atoms with Gasteiger partial charge in [-0.2, -0.15) is 5.26 Å². The van der Waals surface area contributed by atoms with Gasteiger partial charge in [-0.1, -0.05) is 24.3 Å². The summed E-state index contributed by atoms with van der Waals surface area (Å²) >= 11 is 0. The van der Waals surface area contributed by atoms with Gasteiger partial charge in [0.1, 0.15) is 22.9 Å². The first kappa shape index (κ1) is 23.9. The standard InChI is InChI=1S/C27H22F2N2O4/c1-34-27(33)25-21(3-2-4-23(25)28)17-7-8-18(24(29)12-17)14-31-26(32)22-11-19(22)15-35-20-9-5-16(13-30)6-10-20/h2-10,12,19,22H,11,14-15H2,1H3,(H,31,32)/t19-,22+/m0/s1. The van der Waals surface area contributed by atoms with Crippen molar-refractivity contribution in [2.45, 2.75) is 13.0 Å². The maximum Gasteiger partial charge on any atom is 0.341 e. The van der Waals surface area contributed by atoms with Crippen molar-refractivity contribution >= 4 is 11.9 Å². The van der Waals surface area contributed by atoms with Crippen LogP contribution in [0.2, 0.25) is 0 Å². The summed E-state index contributed by atoms with van der Waals surface area (Å²) < 4.78 is 39.3. The molecule has 3 aromatic rings. The fourth-order valence-electron chi connectivity index (χ4n) is 3.83. The van der Waals surface area contributed by atoms with E-state index in [0.29, 0.717) is 29.9 Å². The molecule has 0 aromatic heterocycles. The van der Waals surface area contributed by atoms with Crippen LogP contribution in [0.15, 0.2) is 60.7 Å². The van der Waals surface area contributed by atoms with Gasteiger partial charge in [-0.05, 0) is 53.9 Å². The summed E-state index contributed by atoms with van der Waals surface area (Å²) in [7, 11) is 1.15. The van der Waals surface area contributed by atoms with E-state index in [1.165, 1.54) is 24.3 Å². The van der Waals surface area contributed by atoms with Gasteiger partial charge >= 0.3 is 5.97 Å². The van der Waals surface area contributed by atoms with Crippen molar-refractivity contribution in [3.63, 3.8) is 0 Å². The first-order valence-electron chi connectivity index (χ1n) is 11.0. The quantitative estimate of drug-likeness (QED) is 0.480. The number of ether oxygens (including phenoxy) is 2. The summed E-state index contributed by atoms with van der Waals surface area (Å²) in [4.78, 5) is 24.4. The van der Waals surface area contributed by atoms with Crippen molar-refractivity contribution in [2.24, 2.45) is 11.8 Å². The van der Waals surface area contributed by atoms with Crippen LogP contribution in [0.4, 0.5) is 8.78 Å². The number of carbonyl (C=O) groups excluding carboxylic acids is 2. The third-order valence-corrected chi connectivity index (χ3v) is 5.93. The molecular weight excluding hydrogens is 454 g/mol. The molecule has 0 aliphatic heterocycles. The zero-order valence-corrected chi connectivity index (χ0v) is 18.9. The smallest absolute Gasteiger partial charge is 0.341 e. The molecule has 0 heterocycles. The molecule has 6 nitrogen and oxygen atoms in total. The molecule has 1 aliphatic rings. The van der Waals surface area contributed by atoms with Crippen molar-refractivity contribution in [1.82, 2.24) is 5.32 Å². The van der Waals surface area contributed by atoms with Crippen LogP contribution < -0.4 is 10.1 Å². The van der Waals surface area contributed by atoms with E-state index < -0.39 is 17.6 Å². The maximum absolute atomic E-state index is 14.8. The Hall–Kier alpha value is -4.25. The second kappa shape index (κ2) is 10.3. The number of carbonyl (C=O) groups is 2. The lowest BCUT2D eigenvalue weighted by atomic mass is 9.98. The Morgan fingerprint density at radius 1 is 1.09 bits per heavy atom. The lowest BCUT2D eigenvalue weighted by Gasteiger charge is -2.11. The third-order valence-electron chi connectivity index (χ3n) is 5.93. The minimum Gasteiger partial charge on any atom is -0.493 e. The molecule has 0 bridgehead atoms. The molecule has 1 aliphatic carbocycles. The van der Waals surface area contributed by atoms with Gasteiger partial charge < -0.3 is 14.8 Å². The van der Waals surface area contributed by atoms with Crippen LogP contribution in [0, 0.1) is 34.8 Å². The van der Waals surface area contributed by atoms with Gasteiger partial charge in [0, 0.05) is 23.9 Å². The van der Waals surface area contributed by atoms with Crippen LogP contribution in [0.1, 0.15) is 27.9 Å². The molecule has 3 aromatic carbocycles. The Labute approximate surface area is 201 Å². The average Bonchev–Trinajstić information content (AvgIpc) is 3.66. The molecule has 0 unspecified atom stereocenters. The van der Waals surface area contributed by atoms with Crippen LogP contribution in [0.3, 0.4) is 0 Å². The Morgan fingerprint density at radius 2 is 1.86 bits per heavy atom. The highest BCUT2D eigenvalue weighted by Crippen LogP contribution is 2.39. The lowest BCUT2D eigenvalue weighted by molar-refractivity contribution is -0.122. The Morgan fingerprint density at radius 3 is 2.54 bits per heavy atom. The number of nitrogens with zero attached hydrogens (tertiary/aromatic N) is 1. The van der Waals surface area contributed by atoms with E-state index in [2.05, 4.69) is 10.1 Å². The summed E-state index contributed by atoms with van der Waals surface area (Å²) in [5.41, 5.74) is 1.08. The average molecular weight is 476 g/mol. The molecule has 0 saturated heterocycles. The van der Waals surface area contributed by atoms with Gasteiger partial charge in [0.2, 0.25) is 5.91 Å². The van der Waals surface area contributed by atoms with E-state index in [0.717, 1.165) is 13.2 Å². The second-order valence-electron chi connectivity index (χ2n) is 8.23. The van der Waals surface area contributed by atoms with Crippen LogP contribution in [0.25, 0.3) is 11.1 Å². The normalized spacial score (nSPS) is 16.2. The van der Waals surface area contributed by atoms with Crippen LogP contribution in [-0.2, 0) is 16.1 Å². The minimum atomic E-state index is -0.850. The van der Waals surface area contributed by atoms with Gasteiger partial charge in [0.25, 0.3) is 0 Å². The summed E-state index contributed by atoms with van der Waals surface area (Å²) in [5, 5.41) is 11.6. The SMILES string of the molecule is COC(=O)c1c(F)cccc1-c1ccc(CNC(=O)[C@@H]2C[C@H]2COc2ccc(C#N)cc2)c(F)c1. The van der Waals surface area contributed by atoms with E-state index in [4.69, 9.17) is 10.00 Å². The Kier molecular flexibility index (Phi) is 7.06. The summed E-state index contributed by atoms with van der Waals surface area (Å²) in [6.07, 6.45) is 0.680. The van der Waals surface area contributed by atoms with E-state index in [1.807, 2.05) is 6.07 Å². The van der Waals surface area contributed by atoms with Gasteiger partial charge in [-0.3, -0.25) is 4.79 Å². The van der Waals surface area contributed by atoms with Crippen LogP contribution in [0.5, 0.6) is 5.75 Å². The van der Waals surface area contributed by atoms with Crippen LogP contribution >= 0.6 is 0 Å². The number of nitriles is 1. The topological polar surface area (TPSA) is 88.4 Å². The number of rotatable bonds is 8. The minimum absolute atomic E-state index is 0.00233. The highest BCUT2D eigenvalue weighted by atomic mass is 19.1. The van der Waals surface area contributed by atoms with Crippen LogP contribution in [-0.4, -0.2) is 25.6 Å². The van der Waals surface area contributed by atoms with Gasteiger partial charge in [-0.25, -0.2) is 13.6 Å². The highest BCUT2D eigenvalue weighted by molar-refractivity contribution is 5.97. The fraction of sp³-hybridized carbons (Fsp3) is 0.222. The molecule has 35 heavy (non-hydrogen) atoms. The zero-order chi connectivity index (χ0) is 24.9. The predicted molar refractivity (Wildman–Crippen MR) is 123 cm³/mol. The number of methoxy groups -OCH3 is 1. The van der Waals surface area contributed by atoms with E-state index >= 15 is 0 Å². The first-order valence-corrected chi connectivity index (χ1v) is 11.0. The van der Waals surface area contributed by atoms with E-state index in [1.54, 1.807) is 30.3 Å². The third kappa shape index (κ3) is 5.46. The van der Waals surface area contributed by atoms with E-state index in [9.17, 15) is 18.4 Å². The summed E-state index contributed by atoms with van der Waals surface area (Å²) in [5.74, 6) is -1.87. The number of hydrogen-bond acceptors (Lipinski definition) is 5. The molecule has 1 fully saturated rings. The molecule has 1 amide bonds. The number of benzene rings is 3. The van der Waals surface area contributed by atoms with Crippen molar-refractivity contribution in [2.75, 3.05) is 13.7 Å². The molecule has 4 rings (SSSR count). The van der Waals surface area contributed by atoms with E-state index in [-0.39, 0.29) is 41.0 Å². The monoisotopic (exact) mass is 476 g/mol. The largest absolute Gasteiger partial charge is 0.493 e. The van der Waals surface area contributed by atoms with Crippen molar-refractivity contribution in [3.05, 3.63) is 89.0 Å². The molecular formula is C27H22F2N2O4. The van der Waals surface area contributed by atoms with Gasteiger partial charge in [0.05, 0.1) is 25.3 Å². The molecule has 1 saturated carbocycles. The van der Waals surface area contributed by atoms with Gasteiger partial charge in [0.15, 0.2) is 0 Å². The first-order chi connectivity index (χ1) is 16.9. The summed E-state index contributed by atoms with van der Waals surface area (Å²) in [6, 6.07) is 17.1. The number of nitrogens with one attached hydrogen (secondary N) is 1. The fourth-order valence-corrected chi connectivity index (χ4v) is 3.83. The molecule has 2 atom stereocenters. The second-order valence-corrected chi connectivity index (χ2v) is 8.23. The highest BCUT2D eigenvalue weighted by Gasteiger charge is 2.43. The number of halogens is 2. The molecule has 0 radical (unpaired) electrons. The maximum atomic E-state index is 14.8. The number of hydrogen-bond donors (Lipinski definition) is 1. The van der Waals surface area contributed by atoms with Crippen molar-refractivity contribution in [1.29, 1.82) is 5.26 Å².